The van der Waals surface area contributed by atoms with E-state index in [1.165, 1.54) is 0 Å². The van der Waals surface area contributed by atoms with Gasteiger partial charge in [0.15, 0.2) is 5.16 Å². The Labute approximate surface area is 173 Å². The van der Waals surface area contributed by atoms with Gasteiger partial charge in [-0.05, 0) is 24.5 Å². The highest BCUT2D eigenvalue weighted by Crippen LogP contribution is 2.26. The van der Waals surface area contributed by atoms with Crippen molar-refractivity contribution >= 4 is 23.4 Å². The molecule has 0 N–H and O–H groups in total. The number of anilines is 1. The number of thioether (sulfide) groups is 1. The van der Waals surface area contributed by atoms with Crippen molar-refractivity contribution in [2.45, 2.75) is 38.2 Å². The van der Waals surface area contributed by atoms with E-state index in [1.807, 2.05) is 19.1 Å². The second-order valence-electron chi connectivity index (χ2n) is 7.65. The number of hydrogen-bond acceptors (Lipinski definition) is 7. The third kappa shape index (κ3) is 4.30. The van der Waals surface area contributed by atoms with Crippen LogP contribution in [0.25, 0.3) is 5.65 Å². The number of ether oxygens (including phenoxy) is 1. The molecule has 154 valence electrons. The maximum atomic E-state index is 12.4. The smallest absolute Gasteiger partial charge is 0.258 e. The first-order chi connectivity index (χ1) is 14.0. The van der Waals surface area contributed by atoms with Gasteiger partial charge in [0, 0.05) is 37.7 Å². The molecule has 3 aromatic heterocycles. The van der Waals surface area contributed by atoms with Gasteiger partial charge in [0.05, 0.1) is 18.9 Å². The van der Waals surface area contributed by atoms with Crippen LogP contribution in [0.3, 0.4) is 0 Å². The van der Waals surface area contributed by atoms with E-state index < -0.39 is 0 Å². The van der Waals surface area contributed by atoms with Crippen molar-refractivity contribution in [2.75, 3.05) is 31.2 Å². The van der Waals surface area contributed by atoms with Gasteiger partial charge in [-0.15, -0.1) is 10.2 Å². The minimum absolute atomic E-state index is 0.0630. The highest BCUT2D eigenvalue weighted by atomic mass is 32.2. The number of aromatic nitrogens is 5. The summed E-state index contributed by atoms with van der Waals surface area (Å²) in [5.74, 6) is 1.93. The minimum atomic E-state index is -0.0630. The molecule has 29 heavy (non-hydrogen) atoms. The van der Waals surface area contributed by atoms with E-state index in [9.17, 15) is 4.79 Å². The minimum Gasteiger partial charge on any atom is -0.378 e. The molecule has 0 aliphatic carbocycles. The average molecular weight is 415 g/mol. The number of rotatable bonds is 6. The highest BCUT2D eigenvalue weighted by Gasteiger charge is 2.21. The van der Waals surface area contributed by atoms with E-state index in [2.05, 4.69) is 33.5 Å². The quantitative estimate of drug-likeness (QED) is 0.573. The van der Waals surface area contributed by atoms with Crippen molar-refractivity contribution in [3.05, 3.63) is 46.0 Å². The molecule has 1 aliphatic heterocycles. The molecule has 0 bridgehead atoms. The van der Waals surface area contributed by atoms with Gasteiger partial charge < -0.3 is 9.64 Å². The summed E-state index contributed by atoms with van der Waals surface area (Å²) in [4.78, 5) is 19.4. The molecule has 0 amide bonds. The van der Waals surface area contributed by atoms with Gasteiger partial charge in [-0.25, -0.2) is 4.98 Å². The van der Waals surface area contributed by atoms with Crippen LogP contribution in [-0.2, 0) is 17.0 Å². The van der Waals surface area contributed by atoms with Crippen molar-refractivity contribution in [1.82, 2.24) is 24.1 Å². The molecule has 4 heterocycles. The van der Waals surface area contributed by atoms with E-state index in [0.29, 0.717) is 30.5 Å². The molecule has 1 fully saturated rings. The van der Waals surface area contributed by atoms with Gasteiger partial charge in [0.2, 0.25) is 5.95 Å². The molecule has 0 unspecified atom stereocenters. The molecular weight excluding hydrogens is 388 g/mol. The van der Waals surface area contributed by atoms with E-state index >= 15 is 0 Å². The lowest BCUT2D eigenvalue weighted by Crippen LogP contribution is -2.38. The third-order valence-corrected chi connectivity index (χ3v) is 5.83. The van der Waals surface area contributed by atoms with Gasteiger partial charge in [0.1, 0.15) is 5.65 Å². The Kier molecular flexibility index (Phi) is 5.86. The summed E-state index contributed by atoms with van der Waals surface area (Å²) in [5.41, 5.74) is 2.37. The Balaban J connectivity index is 1.59. The van der Waals surface area contributed by atoms with Crippen molar-refractivity contribution in [3.63, 3.8) is 0 Å². The Bertz CT molecular complexity index is 1050. The summed E-state index contributed by atoms with van der Waals surface area (Å²) < 4.78 is 9.23. The van der Waals surface area contributed by atoms with Gasteiger partial charge in [-0.1, -0.05) is 31.7 Å². The molecule has 1 saturated heterocycles. The molecule has 8 nitrogen and oxygen atoms in total. The fraction of sp³-hybridized carbons (Fsp3) is 0.500. The molecule has 0 saturated carbocycles. The van der Waals surface area contributed by atoms with Crippen molar-refractivity contribution in [3.8, 4) is 0 Å². The van der Waals surface area contributed by atoms with E-state index in [4.69, 9.17) is 9.72 Å². The van der Waals surface area contributed by atoms with Crippen molar-refractivity contribution in [1.29, 1.82) is 0 Å². The fourth-order valence-corrected chi connectivity index (χ4v) is 4.27. The summed E-state index contributed by atoms with van der Waals surface area (Å²) in [7, 11) is 0. The monoisotopic (exact) mass is 414 g/mol. The zero-order valence-electron chi connectivity index (χ0n) is 17.0. The first-order valence-corrected chi connectivity index (χ1v) is 10.9. The van der Waals surface area contributed by atoms with E-state index in [0.717, 1.165) is 42.0 Å². The Morgan fingerprint density at radius 1 is 1.24 bits per heavy atom. The van der Waals surface area contributed by atoms with Gasteiger partial charge >= 0.3 is 0 Å². The Morgan fingerprint density at radius 3 is 2.79 bits per heavy atom. The van der Waals surface area contributed by atoms with Crippen LogP contribution in [0.2, 0.25) is 0 Å². The van der Waals surface area contributed by atoms with E-state index in [1.54, 1.807) is 28.4 Å². The summed E-state index contributed by atoms with van der Waals surface area (Å²) in [6, 6.07) is 5.43. The zero-order chi connectivity index (χ0) is 20.4. The molecule has 0 radical (unpaired) electrons. The molecule has 9 heteroatoms. The van der Waals surface area contributed by atoms with Crippen molar-refractivity contribution in [2.24, 2.45) is 5.92 Å². The maximum Gasteiger partial charge on any atom is 0.258 e. The van der Waals surface area contributed by atoms with E-state index in [-0.39, 0.29) is 5.56 Å². The van der Waals surface area contributed by atoms with Crippen LogP contribution < -0.4 is 10.5 Å². The maximum absolute atomic E-state index is 12.4. The zero-order valence-corrected chi connectivity index (χ0v) is 17.9. The lowest BCUT2D eigenvalue weighted by Gasteiger charge is -2.28. The highest BCUT2D eigenvalue weighted by molar-refractivity contribution is 7.98. The average Bonchev–Trinajstić information content (AvgIpc) is 3.10. The summed E-state index contributed by atoms with van der Waals surface area (Å²) in [6.07, 6.45) is 1.75. The Morgan fingerprint density at radius 2 is 2.03 bits per heavy atom. The number of nitrogens with zero attached hydrogens (tertiary/aromatic N) is 6. The van der Waals surface area contributed by atoms with Crippen LogP contribution in [0.5, 0.6) is 0 Å². The summed E-state index contributed by atoms with van der Waals surface area (Å²) >= 11 is 1.57. The largest absolute Gasteiger partial charge is 0.378 e. The molecule has 0 atom stereocenters. The van der Waals surface area contributed by atoms with Crippen LogP contribution in [-0.4, -0.2) is 50.5 Å². The SMILES string of the molecule is Cc1cccn2c(=O)cc(CSc3nnc(N4CCOCC4)n3CC(C)C)nc12. The first-order valence-electron chi connectivity index (χ1n) is 9.89. The number of pyridine rings is 1. The van der Waals surface area contributed by atoms with Crippen LogP contribution in [0.4, 0.5) is 5.95 Å². The molecule has 3 aromatic rings. The molecule has 0 aromatic carbocycles. The van der Waals surface area contributed by atoms with Crippen LogP contribution in [0, 0.1) is 12.8 Å². The predicted molar refractivity (Wildman–Crippen MR) is 114 cm³/mol. The first kappa shape index (κ1) is 19.9. The number of hydrogen-bond donors (Lipinski definition) is 0. The number of aryl methyl sites for hydroxylation is 1. The van der Waals surface area contributed by atoms with Gasteiger partial charge in [-0.3, -0.25) is 13.8 Å². The molecular formula is C20H26N6O2S. The standard InChI is InChI=1S/C20H26N6O2S/c1-14(2)12-26-19(24-7-9-28-10-8-24)22-23-20(26)29-13-16-11-17(27)25-6-4-5-15(3)18(25)21-16/h4-6,11,14H,7-10,12-13H2,1-3H3. The third-order valence-electron chi connectivity index (χ3n) is 4.83. The molecule has 4 rings (SSSR count). The fourth-order valence-electron chi connectivity index (χ4n) is 3.43. The van der Waals surface area contributed by atoms with Crippen molar-refractivity contribution < 1.29 is 4.74 Å². The van der Waals surface area contributed by atoms with Crippen LogP contribution in [0.1, 0.15) is 25.1 Å². The number of fused-ring (bicyclic) bond motifs is 1. The molecule has 1 aliphatic rings. The summed E-state index contributed by atoms with van der Waals surface area (Å²) in [6.45, 7) is 10.2. The summed E-state index contributed by atoms with van der Waals surface area (Å²) in [5, 5.41) is 9.76. The topological polar surface area (TPSA) is 77.5 Å². The number of morpholine rings is 1. The second-order valence-corrected chi connectivity index (χ2v) is 8.59. The molecule has 0 spiro atoms. The lowest BCUT2D eigenvalue weighted by atomic mass is 10.2. The second kappa shape index (κ2) is 8.54. The van der Waals surface area contributed by atoms with Gasteiger partial charge in [-0.2, -0.15) is 0 Å². The normalized spacial score (nSPS) is 14.8. The van der Waals surface area contributed by atoms with Crippen LogP contribution >= 0.6 is 11.8 Å². The van der Waals surface area contributed by atoms with Gasteiger partial charge in [0.25, 0.3) is 5.56 Å². The Hall–Kier alpha value is -2.39. The van der Waals surface area contributed by atoms with Crippen LogP contribution in [0.15, 0.2) is 34.3 Å². The lowest BCUT2D eigenvalue weighted by molar-refractivity contribution is 0.121. The predicted octanol–water partition coefficient (Wildman–Crippen LogP) is 2.38.